The second-order valence-corrected chi connectivity index (χ2v) is 13.6. The number of ether oxygens (including phenoxy) is 2. The highest BCUT2D eigenvalue weighted by atomic mass is 19.1. The van der Waals surface area contributed by atoms with Gasteiger partial charge < -0.3 is 19.7 Å². The molecule has 1 aliphatic heterocycles. The summed E-state index contributed by atoms with van der Waals surface area (Å²) in [5.74, 6) is 2.74. The molecule has 0 unspecified atom stereocenters. The van der Waals surface area contributed by atoms with Crippen LogP contribution in [0.2, 0.25) is 0 Å². The van der Waals surface area contributed by atoms with Gasteiger partial charge in [-0.15, -0.1) is 0 Å². The van der Waals surface area contributed by atoms with Crippen molar-refractivity contribution in [3.63, 3.8) is 0 Å². The van der Waals surface area contributed by atoms with Gasteiger partial charge in [-0.25, -0.2) is 9.18 Å². The van der Waals surface area contributed by atoms with E-state index in [1.54, 1.807) is 17.0 Å². The van der Waals surface area contributed by atoms with E-state index in [0.717, 1.165) is 47.0 Å². The van der Waals surface area contributed by atoms with E-state index in [0.29, 0.717) is 25.4 Å². The molecule has 0 bridgehead atoms. The minimum atomic E-state index is -0.478. The molecular weight excluding hydrogens is 569 g/mol. The number of hydrogen-bond donors (Lipinski definition) is 1. The van der Waals surface area contributed by atoms with Gasteiger partial charge in [0.25, 0.3) is 0 Å². The van der Waals surface area contributed by atoms with E-state index in [1.165, 1.54) is 37.3 Å². The van der Waals surface area contributed by atoms with E-state index in [-0.39, 0.29) is 23.9 Å². The van der Waals surface area contributed by atoms with E-state index in [1.807, 2.05) is 58.2 Å². The fraction of sp³-hybridized carbons (Fsp3) is 0.541. The Morgan fingerprint density at radius 1 is 1.00 bits per heavy atom. The summed E-state index contributed by atoms with van der Waals surface area (Å²) in [5, 5.41) is 3.83. The van der Waals surface area contributed by atoms with Gasteiger partial charge in [0.2, 0.25) is 5.91 Å². The average Bonchev–Trinajstić information content (AvgIpc) is 3.01. The zero-order valence-electron chi connectivity index (χ0n) is 27.8. The number of carbonyl (C=O) groups is 2. The maximum Gasteiger partial charge on any atom is 0.410 e. The lowest BCUT2D eigenvalue weighted by atomic mass is 9.74. The SMILES string of the molecule is CC(C)C1CCC(c2ccnc3ccc(F)cc23)CC1.CCC(=O)Nc1cccc(OC2CCN(C(=O)OC(C)(C)C)CC2)c1. The molecule has 1 saturated heterocycles. The molecule has 0 spiro atoms. The standard InChI is InChI=1S/C19H28N2O4.C18H22FN/c1-5-17(22)20-14-7-6-8-16(13-14)24-15-9-11-21(12-10-15)18(23)25-19(2,3)4;1-12(2)13-3-5-14(6-4-13)16-9-10-20-18-8-7-15(19)11-17(16)18/h6-8,13,15H,5,9-12H2,1-4H3,(H,20,22);7-14H,3-6H2,1-2H3. The Kier molecular flexibility index (Phi) is 11.8. The number of halogens is 1. The molecule has 244 valence electrons. The summed E-state index contributed by atoms with van der Waals surface area (Å²) in [4.78, 5) is 29.6. The number of pyridine rings is 1. The number of carbonyl (C=O) groups excluding carboxylic acids is 2. The van der Waals surface area contributed by atoms with Gasteiger partial charge in [-0.2, -0.15) is 0 Å². The van der Waals surface area contributed by atoms with Crippen LogP contribution in [0.15, 0.2) is 54.7 Å². The van der Waals surface area contributed by atoms with Gasteiger partial charge in [0, 0.05) is 55.7 Å². The number of fused-ring (bicyclic) bond motifs is 1. The Morgan fingerprint density at radius 2 is 1.71 bits per heavy atom. The van der Waals surface area contributed by atoms with Crippen molar-refractivity contribution in [1.82, 2.24) is 9.88 Å². The maximum atomic E-state index is 13.5. The Labute approximate surface area is 267 Å². The number of benzene rings is 2. The van der Waals surface area contributed by atoms with Gasteiger partial charge in [0.05, 0.1) is 5.52 Å². The Bertz CT molecular complexity index is 1420. The van der Waals surface area contributed by atoms with Gasteiger partial charge in [-0.05, 0) is 106 Å². The molecule has 8 heteroatoms. The van der Waals surface area contributed by atoms with Gasteiger partial charge >= 0.3 is 6.09 Å². The van der Waals surface area contributed by atoms with Crippen LogP contribution in [0.1, 0.15) is 98.0 Å². The zero-order chi connectivity index (χ0) is 32.6. The van der Waals surface area contributed by atoms with Crippen molar-refractivity contribution in [3.8, 4) is 5.75 Å². The van der Waals surface area contributed by atoms with Crippen LogP contribution in [-0.4, -0.2) is 46.7 Å². The van der Waals surface area contributed by atoms with E-state index >= 15 is 0 Å². The maximum absolute atomic E-state index is 13.5. The molecule has 2 aliphatic rings. The van der Waals surface area contributed by atoms with Crippen LogP contribution < -0.4 is 10.1 Å². The lowest BCUT2D eigenvalue weighted by Crippen LogP contribution is -2.44. The first kappa shape index (κ1) is 34.2. The summed E-state index contributed by atoms with van der Waals surface area (Å²) in [6, 6.07) is 14.4. The molecule has 1 aromatic heterocycles. The molecule has 1 aliphatic carbocycles. The van der Waals surface area contributed by atoms with E-state index < -0.39 is 5.60 Å². The van der Waals surface area contributed by atoms with Crippen molar-refractivity contribution in [2.75, 3.05) is 18.4 Å². The predicted octanol–water partition coefficient (Wildman–Crippen LogP) is 9.12. The molecule has 5 rings (SSSR count). The number of aromatic nitrogens is 1. The molecule has 45 heavy (non-hydrogen) atoms. The quantitative estimate of drug-likeness (QED) is 0.298. The number of piperidine rings is 1. The highest BCUT2D eigenvalue weighted by molar-refractivity contribution is 5.90. The van der Waals surface area contributed by atoms with E-state index in [2.05, 4.69) is 30.2 Å². The van der Waals surface area contributed by atoms with Crippen LogP contribution in [0, 0.1) is 17.7 Å². The fourth-order valence-corrected chi connectivity index (χ4v) is 6.16. The third-order valence-corrected chi connectivity index (χ3v) is 8.73. The third-order valence-electron chi connectivity index (χ3n) is 8.73. The summed E-state index contributed by atoms with van der Waals surface area (Å²) in [6.07, 6.45) is 8.62. The number of nitrogens with zero attached hydrogens (tertiary/aromatic N) is 2. The summed E-state index contributed by atoms with van der Waals surface area (Å²) in [5.41, 5.74) is 2.45. The number of likely N-dealkylation sites (tertiary alicyclic amines) is 1. The lowest BCUT2D eigenvalue weighted by Gasteiger charge is -2.33. The van der Waals surface area contributed by atoms with Crippen molar-refractivity contribution < 1.29 is 23.5 Å². The summed E-state index contributed by atoms with van der Waals surface area (Å²) < 4.78 is 24.9. The number of nitrogens with one attached hydrogen (secondary N) is 1. The minimum absolute atomic E-state index is 0.0252. The van der Waals surface area contributed by atoms with Crippen LogP contribution in [0.25, 0.3) is 10.9 Å². The zero-order valence-corrected chi connectivity index (χ0v) is 27.8. The largest absolute Gasteiger partial charge is 0.490 e. The van der Waals surface area contributed by atoms with Crippen molar-refractivity contribution in [1.29, 1.82) is 0 Å². The van der Waals surface area contributed by atoms with Gasteiger partial charge in [-0.3, -0.25) is 9.78 Å². The second-order valence-electron chi connectivity index (χ2n) is 13.6. The molecule has 0 radical (unpaired) electrons. The second kappa shape index (κ2) is 15.5. The molecule has 1 N–H and O–H groups in total. The Morgan fingerprint density at radius 3 is 2.36 bits per heavy atom. The van der Waals surface area contributed by atoms with Crippen molar-refractivity contribution in [3.05, 3.63) is 66.1 Å². The molecule has 1 saturated carbocycles. The highest BCUT2D eigenvalue weighted by Gasteiger charge is 2.28. The number of anilines is 1. The fourth-order valence-electron chi connectivity index (χ4n) is 6.16. The molecule has 2 heterocycles. The first-order valence-electron chi connectivity index (χ1n) is 16.5. The monoisotopic (exact) mass is 619 g/mol. The smallest absolute Gasteiger partial charge is 0.410 e. The molecule has 2 fully saturated rings. The van der Waals surface area contributed by atoms with Crippen LogP contribution in [0.3, 0.4) is 0 Å². The first-order chi connectivity index (χ1) is 21.4. The molecule has 7 nitrogen and oxygen atoms in total. The Hall–Kier alpha value is -3.68. The summed E-state index contributed by atoms with van der Waals surface area (Å²) >= 11 is 0. The summed E-state index contributed by atoms with van der Waals surface area (Å²) in [7, 11) is 0. The predicted molar refractivity (Wildman–Crippen MR) is 178 cm³/mol. The highest BCUT2D eigenvalue weighted by Crippen LogP contribution is 2.40. The topological polar surface area (TPSA) is 80.8 Å². The van der Waals surface area contributed by atoms with Crippen molar-refractivity contribution in [2.45, 2.75) is 104 Å². The van der Waals surface area contributed by atoms with Gasteiger partial charge in [-0.1, -0.05) is 26.8 Å². The average molecular weight is 620 g/mol. The van der Waals surface area contributed by atoms with Crippen LogP contribution >= 0.6 is 0 Å². The summed E-state index contributed by atoms with van der Waals surface area (Å²) in [6.45, 7) is 13.3. The molecule has 0 atom stereocenters. The molecule has 2 amide bonds. The lowest BCUT2D eigenvalue weighted by molar-refractivity contribution is -0.115. The minimum Gasteiger partial charge on any atom is -0.490 e. The molecule has 2 aromatic carbocycles. The van der Waals surface area contributed by atoms with E-state index in [4.69, 9.17) is 9.47 Å². The van der Waals surface area contributed by atoms with Crippen molar-refractivity contribution in [2.24, 2.45) is 11.8 Å². The number of amides is 2. The van der Waals surface area contributed by atoms with E-state index in [9.17, 15) is 14.0 Å². The van der Waals surface area contributed by atoms with Crippen LogP contribution in [0.4, 0.5) is 14.9 Å². The third kappa shape index (κ3) is 10.2. The van der Waals surface area contributed by atoms with Gasteiger partial charge in [0.1, 0.15) is 23.3 Å². The Balaban J connectivity index is 0.000000209. The van der Waals surface area contributed by atoms with Crippen LogP contribution in [0.5, 0.6) is 5.75 Å². The normalized spacial score (nSPS) is 19.1. The van der Waals surface area contributed by atoms with Gasteiger partial charge in [0.15, 0.2) is 0 Å². The van der Waals surface area contributed by atoms with Crippen molar-refractivity contribution >= 4 is 28.6 Å². The molecular formula is C37H50FN3O4. The number of hydrogen-bond acceptors (Lipinski definition) is 5. The first-order valence-corrected chi connectivity index (χ1v) is 16.5. The molecule has 3 aromatic rings. The number of rotatable bonds is 6. The van der Waals surface area contributed by atoms with Crippen LogP contribution in [-0.2, 0) is 9.53 Å².